The fraction of sp³-hybridized carbons (Fsp3) is 0.250. The van der Waals surface area contributed by atoms with Gasteiger partial charge >= 0.3 is 5.69 Å². The van der Waals surface area contributed by atoms with Gasteiger partial charge in [0.1, 0.15) is 0 Å². The van der Waals surface area contributed by atoms with Crippen molar-refractivity contribution in [2.24, 2.45) is 0 Å². The van der Waals surface area contributed by atoms with Crippen molar-refractivity contribution in [2.45, 2.75) is 6.92 Å². The Hall–Kier alpha value is -3.35. The molecular weight excluding hydrogens is 344 g/mol. The highest BCUT2D eigenvalue weighted by Gasteiger charge is 2.25. The predicted octanol–water partition coefficient (Wildman–Crippen LogP) is 1.76. The molecule has 2 heterocycles. The van der Waals surface area contributed by atoms with Gasteiger partial charge in [-0.15, -0.1) is 0 Å². The molecule has 1 aliphatic rings. The van der Waals surface area contributed by atoms with E-state index < -0.39 is 0 Å². The van der Waals surface area contributed by atoms with Crippen LogP contribution in [0.4, 0.5) is 0 Å². The highest BCUT2D eigenvalue weighted by Crippen LogP contribution is 2.15. The summed E-state index contributed by atoms with van der Waals surface area (Å²) in [5, 5.41) is 0. The molecule has 0 spiro atoms. The molecule has 1 aromatic heterocycles. The van der Waals surface area contributed by atoms with Gasteiger partial charge in [-0.1, -0.05) is 17.7 Å². The molecule has 2 N–H and O–H groups in total. The lowest BCUT2D eigenvalue weighted by molar-refractivity contribution is 0.0535. The Bertz CT molecular complexity index is 1070. The van der Waals surface area contributed by atoms with E-state index in [1.54, 1.807) is 28.0 Å². The summed E-state index contributed by atoms with van der Waals surface area (Å²) in [6.45, 7) is 3.93. The zero-order valence-corrected chi connectivity index (χ0v) is 15.0. The number of hydrogen-bond donors (Lipinski definition) is 2. The molecule has 1 aliphatic heterocycles. The van der Waals surface area contributed by atoms with Crippen molar-refractivity contribution in [2.75, 3.05) is 26.2 Å². The predicted molar refractivity (Wildman–Crippen MR) is 102 cm³/mol. The Kier molecular flexibility index (Phi) is 4.27. The van der Waals surface area contributed by atoms with Crippen LogP contribution >= 0.6 is 0 Å². The zero-order valence-electron chi connectivity index (χ0n) is 15.0. The van der Waals surface area contributed by atoms with Gasteiger partial charge in [-0.05, 0) is 37.3 Å². The molecule has 7 nitrogen and oxygen atoms in total. The molecular formula is C20H20N4O3. The quantitative estimate of drug-likeness (QED) is 0.726. The van der Waals surface area contributed by atoms with Gasteiger partial charge in [0.15, 0.2) is 0 Å². The zero-order chi connectivity index (χ0) is 19.0. The number of fused-ring (bicyclic) bond motifs is 1. The topological polar surface area (TPSA) is 89.3 Å². The smallest absolute Gasteiger partial charge is 0.323 e. The third-order valence-electron chi connectivity index (χ3n) is 4.88. The minimum Gasteiger partial charge on any atom is -0.335 e. The van der Waals surface area contributed by atoms with Gasteiger partial charge in [0.25, 0.3) is 11.8 Å². The monoisotopic (exact) mass is 364 g/mol. The first-order valence-corrected chi connectivity index (χ1v) is 8.88. The number of aromatic nitrogens is 2. The molecule has 0 bridgehead atoms. The summed E-state index contributed by atoms with van der Waals surface area (Å²) >= 11 is 0. The Balaban J connectivity index is 1.44. The first kappa shape index (κ1) is 17.1. The maximum Gasteiger partial charge on any atom is 0.323 e. The van der Waals surface area contributed by atoms with Gasteiger partial charge in [-0.2, -0.15) is 0 Å². The summed E-state index contributed by atoms with van der Waals surface area (Å²) < 4.78 is 0. The van der Waals surface area contributed by atoms with Crippen LogP contribution in [0.1, 0.15) is 26.3 Å². The van der Waals surface area contributed by atoms with Crippen molar-refractivity contribution in [3.05, 3.63) is 69.6 Å². The Labute approximate surface area is 155 Å². The summed E-state index contributed by atoms with van der Waals surface area (Å²) in [6.07, 6.45) is 0. The number of piperazine rings is 1. The number of aromatic amines is 2. The second kappa shape index (κ2) is 6.75. The molecule has 0 radical (unpaired) electrons. The number of rotatable bonds is 2. The largest absolute Gasteiger partial charge is 0.335 e. The maximum atomic E-state index is 12.8. The standard InChI is InChI=1S/C20H20N4O3/c1-13-3-2-4-14(11-13)18(25)23-7-9-24(10-8-23)19(26)15-5-6-16-17(12-15)22-20(27)21-16/h2-6,11-12H,7-10H2,1H3,(H2,21,22,27). The maximum absolute atomic E-state index is 12.8. The second-order valence-electron chi connectivity index (χ2n) is 6.79. The van der Waals surface area contributed by atoms with Gasteiger partial charge in [0, 0.05) is 37.3 Å². The van der Waals surface area contributed by atoms with Crippen LogP contribution in [-0.2, 0) is 0 Å². The van der Waals surface area contributed by atoms with Gasteiger partial charge in [0.2, 0.25) is 0 Å². The average molecular weight is 364 g/mol. The summed E-state index contributed by atoms with van der Waals surface area (Å²) in [5.74, 6) is -0.0984. The van der Waals surface area contributed by atoms with Crippen LogP contribution in [0.3, 0.4) is 0 Å². The van der Waals surface area contributed by atoms with Crippen molar-refractivity contribution in [1.82, 2.24) is 19.8 Å². The number of benzene rings is 2. The SMILES string of the molecule is Cc1cccc(C(=O)N2CCN(C(=O)c3ccc4[nH]c(=O)[nH]c4c3)CC2)c1. The van der Waals surface area contributed by atoms with Crippen molar-refractivity contribution >= 4 is 22.8 Å². The molecule has 4 rings (SSSR count). The van der Waals surface area contributed by atoms with E-state index in [-0.39, 0.29) is 17.5 Å². The number of imidazole rings is 1. The van der Waals surface area contributed by atoms with E-state index in [2.05, 4.69) is 9.97 Å². The van der Waals surface area contributed by atoms with Crippen molar-refractivity contribution < 1.29 is 9.59 Å². The lowest BCUT2D eigenvalue weighted by Gasteiger charge is -2.35. The van der Waals surface area contributed by atoms with Crippen LogP contribution in [0.2, 0.25) is 0 Å². The third-order valence-corrected chi connectivity index (χ3v) is 4.88. The lowest BCUT2D eigenvalue weighted by Crippen LogP contribution is -2.50. The van der Waals surface area contributed by atoms with Gasteiger partial charge in [-0.3, -0.25) is 9.59 Å². The molecule has 0 unspecified atom stereocenters. The number of carbonyl (C=O) groups excluding carboxylic acids is 2. The van der Waals surface area contributed by atoms with Crippen LogP contribution < -0.4 is 5.69 Å². The summed E-state index contributed by atoms with van der Waals surface area (Å²) in [5.41, 5.74) is 3.24. The fourth-order valence-corrected chi connectivity index (χ4v) is 3.42. The van der Waals surface area contributed by atoms with Crippen molar-refractivity contribution in [3.8, 4) is 0 Å². The van der Waals surface area contributed by atoms with E-state index in [0.717, 1.165) is 5.56 Å². The number of H-pyrrole nitrogens is 2. The van der Waals surface area contributed by atoms with Gasteiger partial charge < -0.3 is 19.8 Å². The van der Waals surface area contributed by atoms with E-state index in [0.29, 0.717) is 48.3 Å². The number of hydrogen-bond acceptors (Lipinski definition) is 3. The highest BCUT2D eigenvalue weighted by atomic mass is 16.2. The van der Waals surface area contributed by atoms with E-state index in [4.69, 9.17) is 0 Å². The van der Waals surface area contributed by atoms with Crippen LogP contribution in [0, 0.1) is 6.92 Å². The summed E-state index contributed by atoms with van der Waals surface area (Å²) in [4.78, 5) is 45.6. The van der Waals surface area contributed by atoms with Crippen molar-refractivity contribution in [1.29, 1.82) is 0 Å². The molecule has 0 atom stereocenters. The number of carbonyl (C=O) groups is 2. The molecule has 2 amide bonds. The summed E-state index contributed by atoms with van der Waals surface area (Å²) in [6, 6.07) is 12.6. The normalized spacial score (nSPS) is 14.6. The average Bonchev–Trinajstić information content (AvgIpc) is 3.06. The minimum atomic E-state index is -0.294. The molecule has 2 aromatic carbocycles. The molecule has 1 fully saturated rings. The van der Waals surface area contributed by atoms with E-state index in [9.17, 15) is 14.4 Å². The molecule has 7 heteroatoms. The molecule has 1 saturated heterocycles. The highest BCUT2D eigenvalue weighted by molar-refractivity contribution is 5.98. The third kappa shape index (κ3) is 3.36. The Morgan fingerprint density at radius 3 is 2.04 bits per heavy atom. The van der Waals surface area contributed by atoms with Gasteiger partial charge in [0.05, 0.1) is 11.0 Å². The number of aryl methyl sites for hydroxylation is 1. The summed E-state index contributed by atoms with van der Waals surface area (Å²) in [7, 11) is 0. The van der Waals surface area contributed by atoms with Crippen LogP contribution in [0.15, 0.2) is 47.3 Å². The molecule has 27 heavy (non-hydrogen) atoms. The molecule has 3 aromatic rings. The minimum absolute atomic E-state index is 0.00267. The first-order valence-electron chi connectivity index (χ1n) is 8.88. The lowest BCUT2D eigenvalue weighted by atomic mass is 10.1. The van der Waals surface area contributed by atoms with Crippen LogP contribution in [0.5, 0.6) is 0 Å². The number of nitrogens with zero attached hydrogens (tertiary/aromatic N) is 2. The Morgan fingerprint density at radius 2 is 1.41 bits per heavy atom. The van der Waals surface area contributed by atoms with E-state index in [1.807, 2.05) is 31.2 Å². The van der Waals surface area contributed by atoms with E-state index >= 15 is 0 Å². The van der Waals surface area contributed by atoms with E-state index in [1.165, 1.54) is 0 Å². The molecule has 0 aliphatic carbocycles. The van der Waals surface area contributed by atoms with Crippen molar-refractivity contribution in [3.63, 3.8) is 0 Å². The Morgan fingerprint density at radius 1 is 0.815 bits per heavy atom. The number of amides is 2. The molecule has 138 valence electrons. The van der Waals surface area contributed by atoms with Crippen LogP contribution in [-0.4, -0.2) is 57.8 Å². The van der Waals surface area contributed by atoms with Gasteiger partial charge in [-0.25, -0.2) is 4.79 Å². The number of nitrogens with one attached hydrogen (secondary N) is 2. The molecule has 0 saturated carbocycles. The van der Waals surface area contributed by atoms with Crippen LogP contribution in [0.25, 0.3) is 11.0 Å². The first-order chi connectivity index (χ1) is 13.0. The fourth-order valence-electron chi connectivity index (χ4n) is 3.42. The second-order valence-corrected chi connectivity index (χ2v) is 6.79.